The van der Waals surface area contributed by atoms with E-state index in [1.807, 2.05) is 6.07 Å². The zero-order valence-corrected chi connectivity index (χ0v) is 14.5. The van der Waals surface area contributed by atoms with Gasteiger partial charge >= 0.3 is 0 Å². The summed E-state index contributed by atoms with van der Waals surface area (Å²) >= 11 is 0. The third-order valence-electron chi connectivity index (χ3n) is 4.64. The molecule has 1 N–H and O–H groups in total. The topological polar surface area (TPSA) is 32.3 Å². The van der Waals surface area contributed by atoms with Crippen LogP contribution in [0.15, 0.2) is 48.5 Å². The summed E-state index contributed by atoms with van der Waals surface area (Å²) in [5.41, 5.74) is 3.41. The molecule has 0 spiro atoms. The van der Waals surface area contributed by atoms with E-state index in [4.69, 9.17) is 0 Å². The molecule has 1 amide bonds. The number of hydrogen-bond donors (Lipinski definition) is 1. The highest BCUT2D eigenvalue weighted by molar-refractivity contribution is 5.76. The number of halogens is 1. The summed E-state index contributed by atoms with van der Waals surface area (Å²) in [5, 5.41) is 2.97. The van der Waals surface area contributed by atoms with Crippen molar-refractivity contribution in [2.75, 3.05) is 13.1 Å². The summed E-state index contributed by atoms with van der Waals surface area (Å²) in [6.45, 7) is 3.91. The first-order valence-electron chi connectivity index (χ1n) is 9.00. The van der Waals surface area contributed by atoms with Crippen molar-refractivity contribution in [1.82, 2.24) is 10.2 Å². The average Bonchev–Trinajstić information content (AvgIpc) is 3.13. The third kappa shape index (κ3) is 5.68. The number of carbonyl (C=O) groups excluding carboxylic acids is 1. The Labute approximate surface area is 148 Å². The van der Waals surface area contributed by atoms with Crippen molar-refractivity contribution in [1.29, 1.82) is 0 Å². The smallest absolute Gasteiger partial charge is 0.220 e. The molecule has 25 heavy (non-hydrogen) atoms. The molecule has 0 aliphatic carbocycles. The molecule has 0 saturated carbocycles. The van der Waals surface area contributed by atoms with Gasteiger partial charge in [-0.05, 0) is 61.2 Å². The fourth-order valence-corrected chi connectivity index (χ4v) is 3.23. The van der Waals surface area contributed by atoms with Gasteiger partial charge in [-0.15, -0.1) is 0 Å². The lowest BCUT2D eigenvalue weighted by atomic mass is 10.1. The number of benzene rings is 2. The maximum Gasteiger partial charge on any atom is 0.220 e. The molecule has 0 aromatic heterocycles. The predicted octanol–water partition coefficient (Wildman–Crippen LogP) is 3.67. The van der Waals surface area contributed by atoms with Crippen LogP contribution in [0.4, 0.5) is 4.39 Å². The van der Waals surface area contributed by atoms with Gasteiger partial charge in [-0.3, -0.25) is 9.69 Å². The first kappa shape index (κ1) is 17.6. The van der Waals surface area contributed by atoms with E-state index >= 15 is 0 Å². The van der Waals surface area contributed by atoms with Gasteiger partial charge in [-0.25, -0.2) is 4.39 Å². The summed E-state index contributed by atoms with van der Waals surface area (Å²) in [4.78, 5) is 14.5. The molecule has 1 heterocycles. The lowest BCUT2D eigenvalue weighted by Gasteiger charge is -2.15. The van der Waals surface area contributed by atoms with E-state index in [0.717, 1.165) is 17.7 Å². The zero-order chi connectivity index (χ0) is 17.5. The molecule has 132 valence electrons. The normalized spacial score (nSPS) is 14.6. The lowest BCUT2D eigenvalue weighted by Crippen LogP contribution is -2.23. The van der Waals surface area contributed by atoms with Crippen LogP contribution in [0.1, 0.15) is 36.0 Å². The number of nitrogens with zero attached hydrogens (tertiary/aromatic N) is 1. The van der Waals surface area contributed by atoms with Crippen molar-refractivity contribution in [3.63, 3.8) is 0 Å². The maximum absolute atomic E-state index is 12.9. The van der Waals surface area contributed by atoms with Gasteiger partial charge in [0.05, 0.1) is 0 Å². The monoisotopic (exact) mass is 340 g/mol. The number of carbonyl (C=O) groups is 1. The molecule has 3 rings (SSSR count). The number of amides is 1. The number of rotatable bonds is 7. The summed E-state index contributed by atoms with van der Waals surface area (Å²) in [6, 6.07) is 14.8. The standard InChI is InChI=1S/C21H25FN2O/c22-20-9-6-17(7-10-20)8-11-21(25)23-15-18-4-3-5-19(14-18)16-24-12-1-2-13-24/h3-7,9-10,14H,1-2,8,11-13,15-16H2,(H,23,25). The molecule has 1 aliphatic rings. The summed E-state index contributed by atoms with van der Waals surface area (Å²) in [5.74, 6) is -0.226. The minimum Gasteiger partial charge on any atom is -0.352 e. The van der Waals surface area contributed by atoms with E-state index in [0.29, 0.717) is 19.4 Å². The van der Waals surface area contributed by atoms with Gasteiger partial charge in [0, 0.05) is 19.5 Å². The summed E-state index contributed by atoms with van der Waals surface area (Å²) in [7, 11) is 0. The highest BCUT2D eigenvalue weighted by Gasteiger charge is 2.11. The number of likely N-dealkylation sites (tertiary alicyclic amines) is 1. The van der Waals surface area contributed by atoms with Crippen LogP contribution >= 0.6 is 0 Å². The molecule has 4 heteroatoms. The second-order valence-electron chi connectivity index (χ2n) is 6.71. The molecular weight excluding hydrogens is 315 g/mol. The van der Waals surface area contributed by atoms with Crippen LogP contribution in [-0.2, 0) is 24.3 Å². The highest BCUT2D eigenvalue weighted by Crippen LogP contribution is 2.14. The minimum absolute atomic E-state index is 0.0225. The van der Waals surface area contributed by atoms with Gasteiger partial charge in [-0.2, -0.15) is 0 Å². The number of nitrogens with one attached hydrogen (secondary N) is 1. The zero-order valence-electron chi connectivity index (χ0n) is 14.5. The molecule has 0 atom stereocenters. The fourth-order valence-electron chi connectivity index (χ4n) is 3.23. The summed E-state index contributed by atoms with van der Waals surface area (Å²) < 4.78 is 12.9. The van der Waals surface area contributed by atoms with Crippen molar-refractivity contribution < 1.29 is 9.18 Å². The van der Waals surface area contributed by atoms with Gasteiger partial charge in [0.15, 0.2) is 0 Å². The van der Waals surface area contributed by atoms with E-state index < -0.39 is 0 Å². The van der Waals surface area contributed by atoms with Crippen molar-refractivity contribution in [3.05, 3.63) is 71.0 Å². The van der Waals surface area contributed by atoms with E-state index in [1.54, 1.807) is 12.1 Å². The second-order valence-corrected chi connectivity index (χ2v) is 6.71. The van der Waals surface area contributed by atoms with Crippen LogP contribution in [0.3, 0.4) is 0 Å². The average molecular weight is 340 g/mol. The molecule has 3 nitrogen and oxygen atoms in total. The molecule has 1 saturated heterocycles. The van der Waals surface area contributed by atoms with E-state index in [1.165, 1.54) is 43.6 Å². The summed E-state index contributed by atoms with van der Waals surface area (Å²) in [6.07, 6.45) is 3.63. The molecule has 2 aromatic carbocycles. The van der Waals surface area contributed by atoms with Crippen molar-refractivity contribution in [2.24, 2.45) is 0 Å². The van der Waals surface area contributed by atoms with Gasteiger partial charge in [0.2, 0.25) is 5.91 Å². The molecule has 0 radical (unpaired) electrons. The lowest BCUT2D eigenvalue weighted by molar-refractivity contribution is -0.121. The molecule has 2 aromatic rings. The quantitative estimate of drug-likeness (QED) is 0.834. The second kappa shape index (κ2) is 8.77. The van der Waals surface area contributed by atoms with Crippen molar-refractivity contribution in [3.8, 4) is 0 Å². The van der Waals surface area contributed by atoms with Crippen LogP contribution in [-0.4, -0.2) is 23.9 Å². The Hall–Kier alpha value is -2.20. The third-order valence-corrected chi connectivity index (χ3v) is 4.64. The van der Waals surface area contributed by atoms with Gasteiger partial charge in [-0.1, -0.05) is 36.4 Å². The molecule has 1 aliphatic heterocycles. The number of hydrogen-bond acceptors (Lipinski definition) is 2. The van der Waals surface area contributed by atoms with Gasteiger partial charge in [0.25, 0.3) is 0 Å². The first-order chi connectivity index (χ1) is 12.2. The fraction of sp³-hybridized carbons (Fsp3) is 0.381. The van der Waals surface area contributed by atoms with E-state index in [9.17, 15) is 9.18 Å². The molecule has 0 bridgehead atoms. The SMILES string of the molecule is O=C(CCc1ccc(F)cc1)NCc1cccc(CN2CCCC2)c1. The maximum atomic E-state index is 12.9. The highest BCUT2D eigenvalue weighted by atomic mass is 19.1. The van der Waals surface area contributed by atoms with Crippen LogP contribution in [0, 0.1) is 5.82 Å². The van der Waals surface area contributed by atoms with Gasteiger partial charge in [0.1, 0.15) is 5.82 Å². The molecule has 0 unspecified atom stereocenters. The minimum atomic E-state index is -0.248. The van der Waals surface area contributed by atoms with Crippen LogP contribution in [0.5, 0.6) is 0 Å². The Balaban J connectivity index is 1.44. The van der Waals surface area contributed by atoms with Crippen LogP contribution in [0.2, 0.25) is 0 Å². The Morgan fingerprint density at radius 1 is 1.00 bits per heavy atom. The number of aryl methyl sites for hydroxylation is 1. The predicted molar refractivity (Wildman–Crippen MR) is 97.5 cm³/mol. The van der Waals surface area contributed by atoms with Crippen molar-refractivity contribution in [2.45, 2.75) is 38.8 Å². The van der Waals surface area contributed by atoms with Crippen LogP contribution in [0.25, 0.3) is 0 Å². The Bertz CT molecular complexity index is 693. The Kier molecular flexibility index (Phi) is 6.18. The Morgan fingerprint density at radius 2 is 1.72 bits per heavy atom. The van der Waals surface area contributed by atoms with Crippen LogP contribution < -0.4 is 5.32 Å². The largest absolute Gasteiger partial charge is 0.352 e. The van der Waals surface area contributed by atoms with Gasteiger partial charge < -0.3 is 5.32 Å². The van der Waals surface area contributed by atoms with Crippen molar-refractivity contribution >= 4 is 5.91 Å². The Morgan fingerprint density at radius 3 is 2.48 bits per heavy atom. The first-order valence-corrected chi connectivity index (χ1v) is 9.00. The molecular formula is C21H25FN2O. The van der Waals surface area contributed by atoms with E-state index in [2.05, 4.69) is 28.4 Å². The van der Waals surface area contributed by atoms with E-state index in [-0.39, 0.29) is 11.7 Å². The molecule has 1 fully saturated rings.